The van der Waals surface area contributed by atoms with Crippen molar-refractivity contribution in [3.8, 4) is 0 Å². The summed E-state index contributed by atoms with van der Waals surface area (Å²) in [5, 5.41) is 5.27. The molecule has 0 spiro atoms. The van der Waals surface area contributed by atoms with Crippen LogP contribution in [0.2, 0.25) is 0 Å². The minimum atomic E-state index is -4.27. The third-order valence-electron chi connectivity index (χ3n) is 4.69. The van der Waals surface area contributed by atoms with Gasteiger partial charge >= 0.3 is 6.18 Å². The summed E-state index contributed by atoms with van der Waals surface area (Å²) < 4.78 is 39.4. The molecule has 9 heteroatoms. The van der Waals surface area contributed by atoms with E-state index in [4.69, 9.17) is 0 Å². The molecule has 1 aromatic carbocycles. The van der Waals surface area contributed by atoms with Gasteiger partial charge in [0.2, 0.25) is 5.91 Å². The Hall–Kier alpha value is -2.58. The Morgan fingerprint density at radius 2 is 1.88 bits per heavy atom. The summed E-state index contributed by atoms with van der Waals surface area (Å²) in [6, 6.07) is 5.61. The first-order valence-electron chi connectivity index (χ1n) is 8.33. The van der Waals surface area contributed by atoms with Crippen molar-refractivity contribution in [2.75, 3.05) is 0 Å². The number of fused-ring (bicyclic) bond motifs is 1. The number of H-pyrrole nitrogens is 1. The molecule has 2 aromatic rings. The molecule has 1 aromatic heterocycles. The van der Waals surface area contributed by atoms with E-state index in [1.54, 1.807) is 12.1 Å². The van der Waals surface area contributed by atoms with Crippen LogP contribution < -0.4 is 16.4 Å². The highest BCUT2D eigenvalue weighted by atomic mass is 19.4. The summed E-state index contributed by atoms with van der Waals surface area (Å²) in [6.07, 6.45) is -3.54. The average Bonchev–Trinajstić information content (AvgIpc) is 2.59. The number of carbonyl (C=O) groups excluding carboxylic acids is 1. The lowest BCUT2D eigenvalue weighted by atomic mass is 9.85. The molecule has 2 N–H and O–H groups in total. The molecule has 140 valence electrons. The van der Waals surface area contributed by atoms with Crippen molar-refractivity contribution in [3.63, 3.8) is 0 Å². The van der Waals surface area contributed by atoms with Gasteiger partial charge in [-0.1, -0.05) is 18.6 Å². The van der Waals surface area contributed by atoms with Gasteiger partial charge in [-0.15, -0.1) is 0 Å². The standard InChI is InChI=1S/C17H18F3N3O3/c18-17(19,20)10-4-3-5-11(8-10)21-14(24)9-23-16(26)13-7-2-1-6-12(13)15(25)22-23/h1-2,6-7,10-11H,3-5,8-9H2,(H,21,24)(H,22,25). The van der Waals surface area contributed by atoms with Crippen molar-refractivity contribution in [2.45, 2.75) is 44.4 Å². The summed E-state index contributed by atoms with van der Waals surface area (Å²) in [4.78, 5) is 36.5. The van der Waals surface area contributed by atoms with Crippen molar-refractivity contribution in [3.05, 3.63) is 45.0 Å². The quantitative estimate of drug-likeness (QED) is 0.867. The number of amides is 1. The summed E-state index contributed by atoms with van der Waals surface area (Å²) in [7, 11) is 0. The first-order valence-corrected chi connectivity index (χ1v) is 8.33. The predicted molar refractivity (Wildman–Crippen MR) is 88.8 cm³/mol. The highest BCUT2D eigenvalue weighted by Crippen LogP contribution is 2.37. The third kappa shape index (κ3) is 3.81. The Morgan fingerprint density at radius 1 is 1.19 bits per heavy atom. The van der Waals surface area contributed by atoms with E-state index in [0.717, 1.165) is 4.68 Å². The van der Waals surface area contributed by atoms with Crippen LogP contribution in [0.4, 0.5) is 13.2 Å². The number of halogens is 3. The van der Waals surface area contributed by atoms with Crippen molar-refractivity contribution < 1.29 is 18.0 Å². The van der Waals surface area contributed by atoms with Crippen molar-refractivity contribution in [1.29, 1.82) is 0 Å². The third-order valence-corrected chi connectivity index (χ3v) is 4.69. The highest BCUT2D eigenvalue weighted by molar-refractivity contribution is 5.81. The number of nitrogens with one attached hydrogen (secondary N) is 2. The van der Waals surface area contributed by atoms with E-state index >= 15 is 0 Å². The van der Waals surface area contributed by atoms with E-state index in [1.165, 1.54) is 12.1 Å². The normalized spacial score (nSPS) is 20.9. The van der Waals surface area contributed by atoms with E-state index in [0.29, 0.717) is 12.8 Å². The zero-order valence-corrected chi connectivity index (χ0v) is 13.8. The van der Waals surface area contributed by atoms with Crippen LogP contribution in [-0.4, -0.2) is 27.9 Å². The van der Waals surface area contributed by atoms with Crippen LogP contribution in [0.15, 0.2) is 33.9 Å². The molecule has 1 amide bonds. The molecule has 1 saturated carbocycles. The van der Waals surface area contributed by atoms with E-state index in [9.17, 15) is 27.6 Å². The molecule has 2 atom stereocenters. The summed E-state index contributed by atoms with van der Waals surface area (Å²) >= 11 is 0. The Balaban J connectivity index is 1.73. The number of nitrogens with zero attached hydrogens (tertiary/aromatic N) is 1. The lowest BCUT2D eigenvalue weighted by Gasteiger charge is -2.31. The van der Waals surface area contributed by atoms with Gasteiger partial charge < -0.3 is 5.32 Å². The SMILES string of the molecule is O=C(Cn1[nH]c(=O)c2ccccc2c1=O)NC1CCCC(C(F)(F)F)C1. The molecule has 1 aliphatic rings. The van der Waals surface area contributed by atoms with Crippen LogP contribution in [0.3, 0.4) is 0 Å². The van der Waals surface area contributed by atoms with Crippen molar-refractivity contribution in [1.82, 2.24) is 15.1 Å². The van der Waals surface area contributed by atoms with Crippen LogP contribution in [0.25, 0.3) is 10.8 Å². The molecular formula is C17H18F3N3O3. The first-order chi connectivity index (χ1) is 12.3. The number of rotatable bonds is 3. The molecule has 2 unspecified atom stereocenters. The van der Waals surface area contributed by atoms with E-state index < -0.39 is 41.7 Å². The molecule has 0 saturated heterocycles. The Bertz CT molecular complexity index is 932. The van der Waals surface area contributed by atoms with Crippen LogP contribution in [-0.2, 0) is 11.3 Å². The molecule has 0 bridgehead atoms. The summed E-state index contributed by atoms with van der Waals surface area (Å²) in [6.45, 7) is -0.452. The predicted octanol–water partition coefficient (Wildman–Crippen LogP) is 1.93. The first kappa shape index (κ1) is 18.2. The fourth-order valence-corrected chi connectivity index (χ4v) is 3.39. The van der Waals surface area contributed by atoms with Crippen LogP contribution in [0.5, 0.6) is 0 Å². The van der Waals surface area contributed by atoms with Gasteiger partial charge in [0, 0.05) is 6.04 Å². The van der Waals surface area contributed by atoms with E-state index in [2.05, 4.69) is 10.4 Å². The van der Waals surface area contributed by atoms with Crippen molar-refractivity contribution in [2.24, 2.45) is 5.92 Å². The number of carbonyl (C=O) groups is 1. The number of hydrogen-bond acceptors (Lipinski definition) is 3. The maximum atomic E-state index is 12.8. The number of aromatic amines is 1. The zero-order valence-electron chi connectivity index (χ0n) is 13.8. The molecule has 0 radical (unpaired) electrons. The van der Waals surface area contributed by atoms with Crippen molar-refractivity contribution >= 4 is 16.7 Å². The monoisotopic (exact) mass is 369 g/mol. The molecular weight excluding hydrogens is 351 g/mol. The van der Waals surface area contributed by atoms with E-state index in [-0.39, 0.29) is 23.6 Å². The van der Waals surface area contributed by atoms with Gasteiger partial charge in [-0.3, -0.25) is 19.5 Å². The molecule has 1 heterocycles. The maximum Gasteiger partial charge on any atom is 0.391 e. The highest BCUT2D eigenvalue weighted by Gasteiger charge is 2.42. The van der Waals surface area contributed by atoms with E-state index in [1.807, 2.05) is 0 Å². The smallest absolute Gasteiger partial charge is 0.352 e. The Morgan fingerprint density at radius 3 is 2.58 bits per heavy atom. The minimum Gasteiger partial charge on any atom is -0.352 e. The van der Waals surface area contributed by atoms with Crippen LogP contribution in [0.1, 0.15) is 25.7 Å². The Labute approximate surface area is 146 Å². The van der Waals surface area contributed by atoms with Gasteiger partial charge in [-0.05, 0) is 31.4 Å². The number of benzene rings is 1. The second kappa shape index (κ2) is 6.97. The molecule has 6 nitrogen and oxygen atoms in total. The topological polar surface area (TPSA) is 84.0 Å². The molecule has 0 aliphatic heterocycles. The Kier molecular flexibility index (Phi) is 4.88. The van der Waals surface area contributed by atoms with Crippen LogP contribution >= 0.6 is 0 Å². The fourth-order valence-electron chi connectivity index (χ4n) is 3.39. The minimum absolute atomic E-state index is 0.0628. The van der Waals surface area contributed by atoms with Gasteiger partial charge in [0.15, 0.2) is 0 Å². The average molecular weight is 369 g/mol. The zero-order chi connectivity index (χ0) is 18.9. The van der Waals surface area contributed by atoms with Gasteiger partial charge in [0.1, 0.15) is 6.54 Å². The van der Waals surface area contributed by atoms with Crippen LogP contribution in [0, 0.1) is 5.92 Å². The lowest BCUT2D eigenvalue weighted by molar-refractivity contribution is -0.184. The summed E-state index contributed by atoms with van der Waals surface area (Å²) in [5.74, 6) is -2.03. The number of alkyl halides is 3. The summed E-state index contributed by atoms with van der Waals surface area (Å²) in [5.41, 5.74) is -1.05. The number of hydrogen-bond donors (Lipinski definition) is 2. The maximum absolute atomic E-state index is 12.8. The lowest BCUT2D eigenvalue weighted by Crippen LogP contribution is -2.44. The largest absolute Gasteiger partial charge is 0.391 e. The number of aromatic nitrogens is 2. The molecule has 3 rings (SSSR count). The fraction of sp³-hybridized carbons (Fsp3) is 0.471. The molecule has 1 aliphatic carbocycles. The van der Waals surface area contributed by atoms with Gasteiger partial charge in [0.25, 0.3) is 11.1 Å². The second-order valence-corrected chi connectivity index (χ2v) is 6.55. The van der Waals surface area contributed by atoms with Gasteiger partial charge in [0.05, 0.1) is 16.7 Å². The molecule has 1 fully saturated rings. The van der Waals surface area contributed by atoms with Gasteiger partial charge in [-0.25, -0.2) is 4.68 Å². The van der Waals surface area contributed by atoms with Gasteiger partial charge in [-0.2, -0.15) is 13.2 Å². The molecule has 26 heavy (non-hydrogen) atoms. The second-order valence-electron chi connectivity index (χ2n) is 6.55.